The molecule has 0 spiro atoms. The zero-order valence-electron chi connectivity index (χ0n) is 60.2. The van der Waals surface area contributed by atoms with Crippen LogP contribution in [0.3, 0.4) is 0 Å². The molecule has 9 aromatic rings. The van der Waals surface area contributed by atoms with Crippen molar-refractivity contribution in [2.75, 3.05) is 13.2 Å². The number of hydrogen-bond acceptors (Lipinski definition) is 48. The van der Waals surface area contributed by atoms with Gasteiger partial charge in [-0.2, -0.15) is 0 Å². The number of aliphatic hydroxyl groups excluding tert-OH is 1. The highest BCUT2D eigenvalue weighted by Crippen LogP contribution is 2.59. The molecule has 0 aliphatic carbocycles. The number of aliphatic hydroxyl groups is 1. The van der Waals surface area contributed by atoms with Gasteiger partial charge < -0.3 is 195 Å². The predicted molar refractivity (Wildman–Crippen MR) is 379 cm³/mol. The van der Waals surface area contributed by atoms with Gasteiger partial charge in [0.2, 0.25) is 58.4 Å². The lowest BCUT2D eigenvalue weighted by Crippen LogP contribution is -2.63. The first-order valence-electron chi connectivity index (χ1n) is 34.2. The molecule has 2 saturated heterocycles. The number of carbonyl (C=O) groups is 9. The molecule has 0 radical (unpaired) electrons. The number of hydrogen-bond donors (Lipinski definition) is 27. The van der Waals surface area contributed by atoms with Crippen molar-refractivity contribution < 1.29 is 238 Å². The molecule has 0 saturated carbocycles. The summed E-state index contributed by atoms with van der Waals surface area (Å²) in [5, 5.41) is 297. The highest BCUT2D eigenvalue weighted by atomic mass is 16.8. The zero-order valence-corrected chi connectivity index (χ0v) is 60.2. The van der Waals surface area contributed by atoms with E-state index in [-0.39, 0.29) is 30.3 Å². The minimum absolute atomic E-state index is 0.113. The van der Waals surface area contributed by atoms with Crippen LogP contribution in [0, 0.1) is 0 Å². The van der Waals surface area contributed by atoms with Crippen LogP contribution in [0.15, 0.2) is 66.7 Å². The molecule has 0 aromatic heterocycles. The summed E-state index contributed by atoms with van der Waals surface area (Å²) in [4.78, 5) is 133. The van der Waals surface area contributed by atoms with Crippen LogP contribution in [0.25, 0.3) is 33.4 Å². The van der Waals surface area contributed by atoms with Gasteiger partial charge in [0.05, 0.1) is 44.5 Å². The summed E-state index contributed by atoms with van der Waals surface area (Å²) in [5.41, 5.74) is -19.0. The summed E-state index contributed by atoms with van der Waals surface area (Å²) in [6, 6.07) is 3.59. The molecule has 10 unspecified atom stereocenters. The normalized spacial score (nSPS) is 20.3. The summed E-state index contributed by atoms with van der Waals surface area (Å²) in [7, 11) is 0. The van der Waals surface area contributed by atoms with Crippen molar-refractivity contribution in [3.05, 3.63) is 117 Å². The Hall–Kier alpha value is -17.3. The van der Waals surface area contributed by atoms with Gasteiger partial charge in [-0.3, -0.25) is 0 Å². The van der Waals surface area contributed by atoms with Gasteiger partial charge in [0, 0.05) is 45.5 Å². The number of benzene rings is 9. The van der Waals surface area contributed by atoms with Crippen LogP contribution >= 0.6 is 0 Å². The monoisotopic (exact) mass is 1720 g/mol. The molecule has 0 amide bonds. The molecule has 0 bridgehead atoms. The number of fused-ring (bicyclic) bond motifs is 13. The topological polar surface area (TPSA) is 811 Å². The van der Waals surface area contributed by atoms with Crippen molar-refractivity contribution in [3.8, 4) is 194 Å². The van der Waals surface area contributed by atoms with Crippen molar-refractivity contribution in [1.29, 1.82) is 0 Å². The van der Waals surface area contributed by atoms with Crippen molar-refractivity contribution in [2.45, 2.75) is 61.4 Å². The van der Waals surface area contributed by atoms with Gasteiger partial charge in [-0.25, -0.2) is 43.2 Å². The van der Waals surface area contributed by atoms with E-state index in [4.69, 9.17) is 56.8 Å². The van der Waals surface area contributed by atoms with E-state index in [9.17, 15) is 162 Å². The SMILES string of the molecule is O=C(OCC1OC(O)C2OC(=O)c3cc(O)c(O)c(O)c3-c3c(cc(O)c(O)c3O)C(=O)OC2C1OC(=O)c1cc(O)c(O)c(O)c1Oc1cc2c(c(O)c1O)-c1c(cc(O)c(O)c1O)C(=O)OC1C3OC(=O)c4cc(O)c(O)c(O)c4-c4c(cc(O)c(O)c4O)C(=O)OCC3OC(OC(=O)c3cc(O)c(O)c(O)c3)C1OC2=O)c1cc(O)c(O)c(O)c1. The summed E-state index contributed by atoms with van der Waals surface area (Å²) in [6.45, 7) is -2.96. The maximum Gasteiger partial charge on any atom is 0.342 e. The van der Waals surface area contributed by atoms with Crippen molar-refractivity contribution >= 4 is 53.7 Å². The first kappa shape index (κ1) is 82.2. The highest BCUT2D eigenvalue weighted by molar-refractivity contribution is 6.12. The lowest BCUT2D eigenvalue weighted by molar-refractivity contribution is -0.284. The van der Waals surface area contributed by atoms with E-state index in [0.29, 0.717) is 36.4 Å². The Bertz CT molecular complexity index is 6140. The van der Waals surface area contributed by atoms with Gasteiger partial charge >= 0.3 is 53.7 Å². The first-order chi connectivity index (χ1) is 57.9. The summed E-state index contributed by atoms with van der Waals surface area (Å²) in [6.07, 6.45) is -27.5. The standard InChI is InChI=1S/C75H52O48/c76-23-1-14(2-24(77)42(23)86)65(102)112-12-34-59(61-63(74(111)115-34)121-71(108)20-9-31(84)47(91)54(98)39(20)38-18(69(106)119-61)7-29(82)46(90)53(38)97)118-73(110)22-10-32(85)49(93)57(101)58(22)114-33-11-21-41(56(100)50(33)94)40-19(8-30(83)48(92)55(40)99)70(107)120-62-60-35(116-75(64(62)122-72(21)109)123-66(103)15-3-25(78)43(87)26(79)4-15)13-113-67(104)16-5-27(80)44(88)51(95)36(16)37-17(68(105)117-60)6-28(81)45(89)52(37)96/h1-11,34-35,59-64,74-101,111H,12-13H2. The second-order valence-corrected chi connectivity index (χ2v) is 26.8. The van der Waals surface area contributed by atoms with Gasteiger partial charge in [-0.1, -0.05) is 0 Å². The van der Waals surface area contributed by atoms with E-state index in [0.717, 1.165) is 0 Å². The minimum atomic E-state index is -2.94. The van der Waals surface area contributed by atoms with Crippen LogP contribution in [0.5, 0.6) is 161 Å². The van der Waals surface area contributed by atoms with Crippen LogP contribution in [-0.2, 0) is 52.1 Å². The number of phenols is 26. The lowest BCUT2D eigenvalue weighted by Gasteiger charge is -2.44. The maximum atomic E-state index is 15.7. The van der Waals surface area contributed by atoms with E-state index in [1.165, 1.54) is 0 Å². The van der Waals surface area contributed by atoms with E-state index in [1.807, 2.05) is 0 Å². The average Bonchev–Trinajstić information content (AvgIpc) is 1.46. The third-order valence-corrected chi connectivity index (χ3v) is 19.5. The van der Waals surface area contributed by atoms with Crippen LogP contribution in [-0.4, -0.2) is 266 Å². The fourth-order valence-corrected chi connectivity index (χ4v) is 13.6. The highest BCUT2D eigenvalue weighted by Gasteiger charge is 2.58. The summed E-state index contributed by atoms with van der Waals surface area (Å²) < 4.78 is 67.9. The number of rotatable bonds is 9. The number of esters is 9. The molecule has 27 N–H and O–H groups in total. The van der Waals surface area contributed by atoms with Crippen molar-refractivity contribution in [3.63, 3.8) is 0 Å². The third kappa shape index (κ3) is 13.6. The minimum Gasteiger partial charge on any atom is -0.504 e. The lowest BCUT2D eigenvalue weighted by atomic mass is 9.90. The summed E-state index contributed by atoms with van der Waals surface area (Å²) in [5.74, 6) is -60.1. The van der Waals surface area contributed by atoms with E-state index >= 15 is 19.2 Å². The largest absolute Gasteiger partial charge is 0.504 e. The van der Waals surface area contributed by atoms with Crippen molar-refractivity contribution in [2.24, 2.45) is 0 Å². The summed E-state index contributed by atoms with van der Waals surface area (Å²) >= 11 is 0. The van der Waals surface area contributed by atoms with Crippen LogP contribution in [0.1, 0.15) is 93.2 Å². The number of phenolic OH excluding ortho intramolecular Hbond substituents is 26. The number of carbonyl (C=O) groups excluding carboxylic acids is 9. The van der Waals surface area contributed by atoms with Gasteiger partial charge in [-0.15, -0.1) is 0 Å². The molecular weight excluding hydrogens is 1670 g/mol. The van der Waals surface area contributed by atoms with Gasteiger partial charge in [0.25, 0.3) is 0 Å². The molecule has 10 atom stereocenters. The van der Waals surface area contributed by atoms with E-state index < -0.39 is 373 Å². The molecule has 48 nitrogen and oxygen atoms in total. The second kappa shape index (κ2) is 30.0. The molecule has 640 valence electrons. The van der Waals surface area contributed by atoms with Gasteiger partial charge in [0.1, 0.15) is 31.0 Å². The van der Waals surface area contributed by atoms with E-state index in [2.05, 4.69) is 0 Å². The number of aromatic hydroxyl groups is 26. The molecule has 2 fully saturated rings. The van der Waals surface area contributed by atoms with Crippen LogP contribution in [0.4, 0.5) is 0 Å². The Morgan fingerprint density at radius 2 is 0.650 bits per heavy atom. The predicted octanol–water partition coefficient (Wildman–Crippen LogP) is 2.73. The molecule has 5 heterocycles. The Morgan fingerprint density at radius 1 is 0.317 bits per heavy atom. The molecular formula is C75H52O48. The molecule has 123 heavy (non-hydrogen) atoms. The van der Waals surface area contributed by atoms with Crippen LogP contribution in [0.2, 0.25) is 0 Å². The van der Waals surface area contributed by atoms with E-state index in [1.54, 1.807) is 0 Å². The third-order valence-electron chi connectivity index (χ3n) is 19.5. The Morgan fingerprint density at radius 3 is 1.07 bits per heavy atom. The molecule has 48 heteroatoms. The number of ether oxygens (including phenoxy) is 12. The molecule has 5 aliphatic rings. The van der Waals surface area contributed by atoms with Gasteiger partial charge in [0.15, 0.2) is 152 Å². The average molecular weight is 1720 g/mol. The zero-order chi connectivity index (χ0) is 89.5. The molecule has 5 aliphatic heterocycles. The molecule has 14 rings (SSSR count). The molecule has 9 aromatic carbocycles. The smallest absolute Gasteiger partial charge is 0.342 e. The van der Waals surface area contributed by atoms with Gasteiger partial charge in [-0.05, 0) is 54.6 Å². The Labute approximate surface area is 675 Å². The fraction of sp³-hybridized carbons (Fsp3) is 0.160. The fourth-order valence-electron chi connectivity index (χ4n) is 13.6. The quantitative estimate of drug-likeness (QED) is 0.0561. The number of cyclic esters (lactones) is 1. The Kier molecular flexibility index (Phi) is 20.1. The van der Waals surface area contributed by atoms with Crippen LogP contribution < -0.4 is 4.74 Å². The maximum absolute atomic E-state index is 15.7. The first-order valence-corrected chi connectivity index (χ1v) is 34.2. The van der Waals surface area contributed by atoms with Crippen molar-refractivity contribution in [1.82, 2.24) is 0 Å². The Balaban J connectivity index is 0.910. The second-order valence-electron chi connectivity index (χ2n) is 26.8.